The van der Waals surface area contributed by atoms with Crippen LogP contribution in [-0.4, -0.2) is 83.1 Å². The molecule has 0 rings (SSSR count). The first-order valence-electron chi connectivity index (χ1n) is 16.3. The van der Waals surface area contributed by atoms with Gasteiger partial charge in [-0.25, -0.2) is 0 Å². The number of hydrogen-bond donors (Lipinski definition) is 5. The third kappa shape index (κ3) is 66.5. The molecular formula is C32H66O10. The Balaban J connectivity index is -0.000000230. The zero-order valence-corrected chi connectivity index (χ0v) is 27.2. The van der Waals surface area contributed by atoms with Gasteiger partial charge in [0, 0.05) is 19.3 Å². The number of ether oxygens (including phenoxy) is 2. The number of aliphatic hydroxyl groups excluding tert-OH is 2. The fourth-order valence-corrected chi connectivity index (χ4v) is 3.44. The molecule has 10 nitrogen and oxygen atoms in total. The van der Waals surface area contributed by atoms with Gasteiger partial charge in [0.25, 0.3) is 0 Å². The number of aliphatic hydroxyl groups is 2. The fourth-order valence-electron chi connectivity index (χ4n) is 3.44. The largest absolute Gasteiger partial charge is 0.481 e. The summed E-state index contributed by atoms with van der Waals surface area (Å²) in [6.45, 7) is 8.23. The zero-order valence-electron chi connectivity index (χ0n) is 27.2. The third-order valence-electron chi connectivity index (χ3n) is 5.83. The summed E-state index contributed by atoms with van der Waals surface area (Å²) in [5.41, 5.74) is 0. The van der Waals surface area contributed by atoms with Crippen molar-refractivity contribution in [3.63, 3.8) is 0 Å². The molecule has 0 radical (unpaired) electrons. The van der Waals surface area contributed by atoms with Crippen LogP contribution in [0.2, 0.25) is 0 Å². The highest BCUT2D eigenvalue weighted by Crippen LogP contribution is 2.08. The average molecular weight is 611 g/mol. The topological polar surface area (TPSA) is 171 Å². The number of carbonyl (C=O) groups is 3. The first-order valence-corrected chi connectivity index (χ1v) is 16.3. The van der Waals surface area contributed by atoms with Crippen molar-refractivity contribution in [2.75, 3.05) is 39.6 Å². The van der Waals surface area contributed by atoms with Gasteiger partial charge >= 0.3 is 17.9 Å². The normalized spacial score (nSPS) is 9.93. The van der Waals surface area contributed by atoms with E-state index in [1.54, 1.807) is 0 Å². The molecule has 0 bridgehead atoms. The Labute approximate surface area is 256 Å². The lowest BCUT2D eigenvalue weighted by molar-refractivity contribution is -0.138. The second kappa shape index (κ2) is 46.2. The van der Waals surface area contributed by atoms with Gasteiger partial charge in [-0.2, -0.15) is 0 Å². The van der Waals surface area contributed by atoms with Crippen LogP contribution in [0.3, 0.4) is 0 Å². The molecule has 0 aromatic rings. The lowest BCUT2D eigenvalue weighted by Gasteiger charge is -2.01. The predicted octanol–water partition coefficient (Wildman–Crippen LogP) is 7.08. The molecule has 0 heterocycles. The summed E-state index contributed by atoms with van der Waals surface area (Å²) >= 11 is 0. The summed E-state index contributed by atoms with van der Waals surface area (Å²) in [6.07, 6.45) is 20.4. The highest BCUT2D eigenvalue weighted by Gasteiger charge is 1.97. The molecule has 0 aliphatic rings. The molecule has 42 heavy (non-hydrogen) atoms. The van der Waals surface area contributed by atoms with E-state index in [2.05, 4.69) is 20.8 Å². The van der Waals surface area contributed by atoms with Gasteiger partial charge < -0.3 is 35.0 Å². The van der Waals surface area contributed by atoms with Crippen molar-refractivity contribution < 1.29 is 49.4 Å². The Kier molecular flexibility index (Phi) is 51.9. The third-order valence-corrected chi connectivity index (χ3v) is 5.83. The Bertz CT molecular complexity index is 497. The van der Waals surface area contributed by atoms with Crippen LogP contribution < -0.4 is 0 Å². The lowest BCUT2D eigenvalue weighted by Crippen LogP contribution is -2.09. The summed E-state index contributed by atoms with van der Waals surface area (Å²) in [5.74, 6) is -2.00. The minimum Gasteiger partial charge on any atom is -0.481 e. The molecule has 0 unspecified atom stereocenters. The predicted molar refractivity (Wildman–Crippen MR) is 168 cm³/mol. The monoisotopic (exact) mass is 610 g/mol. The summed E-state index contributed by atoms with van der Waals surface area (Å²) < 4.78 is 9.75. The van der Waals surface area contributed by atoms with E-state index < -0.39 is 17.9 Å². The molecule has 5 N–H and O–H groups in total. The molecule has 0 aromatic heterocycles. The molecule has 0 aliphatic heterocycles. The van der Waals surface area contributed by atoms with Gasteiger partial charge in [-0.3, -0.25) is 14.4 Å². The maximum absolute atomic E-state index is 10.1. The van der Waals surface area contributed by atoms with Crippen LogP contribution in [0.25, 0.3) is 0 Å². The quantitative estimate of drug-likeness (QED) is 0.0605. The number of carboxylic acids is 3. The first-order chi connectivity index (χ1) is 20.2. The number of hydrogen-bond acceptors (Lipinski definition) is 7. The van der Waals surface area contributed by atoms with Crippen LogP contribution in [-0.2, 0) is 23.9 Å². The van der Waals surface area contributed by atoms with Gasteiger partial charge in [0.15, 0.2) is 0 Å². The number of rotatable bonds is 27. The van der Waals surface area contributed by atoms with Crippen molar-refractivity contribution in [2.45, 2.75) is 149 Å². The van der Waals surface area contributed by atoms with E-state index in [4.69, 9.17) is 35.0 Å². The van der Waals surface area contributed by atoms with Gasteiger partial charge in [-0.15, -0.1) is 0 Å². The van der Waals surface area contributed by atoms with E-state index in [-0.39, 0.29) is 13.2 Å². The summed E-state index contributed by atoms with van der Waals surface area (Å²) in [4.78, 5) is 30.2. The van der Waals surface area contributed by atoms with Crippen LogP contribution in [0.1, 0.15) is 149 Å². The van der Waals surface area contributed by atoms with Crippen molar-refractivity contribution in [1.82, 2.24) is 0 Å². The van der Waals surface area contributed by atoms with Gasteiger partial charge in [0.2, 0.25) is 0 Å². The van der Waals surface area contributed by atoms with E-state index in [0.29, 0.717) is 45.7 Å². The molecule has 254 valence electrons. The van der Waals surface area contributed by atoms with Crippen LogP contribution in [0.15, 0.2) is 0 Å². The van der Waals surface area contributed by atoms with Crippen molar-refractivity contribution in [3.05, 3.63) is 0 Å². The molecule has 10 heteroatoms. The van der Waals surface area contributed by atoms with E-state index in [1.165, 1.54) is 70.6 Å². The molecule has 0 fully saturated rings. The summed E-state index contributed by atoms with van der Waals surface area (Å²) in [6, 6.07) is 0. The van der Waals surface area contributed by atoms with Crippen molar-refractivity contribution in [1.29, 1.82) is 0 Å². The average Bonchev–Trinajstić information content (AvgIpc) is 2.95. The smallest absolute Gasteiger partial charge is 0.303 e. The van der Waals surface area contributed by atoms with Gasteiger partial charge in [0.05, 0.1) is 39.6 Å². The summed E-state index contributed by atoms with van der Waals surface area (Å²) in [7, 11) is 0. The Morgan fingerprint density at radius 2 is 0.643 bits per heavy atom. The second-order valence-electron chi connectivity index (χ2n) is 10.1. The second-order valence-corrected chi connectivity index (χ2v) is 10.1. The van der Waals surface area contributed by atoms with Gasteiger partial charge in [-0.1, -0.05) is 111 Å². The Morgan fingerprint density at radius 3 is 0.857 bits per heavy atom. The van der Waals surface area contributed by atoms with E-state index in [1.807, 2.05) is 0 Å². The Hall–Kier alpha value is -1.75. The molecule has 0 aliphatic carbocycles. The van der Waals surface area contributed by atoms with Crippen LogP contribution in [0.4, 0.5) is 0 Å². The van der Waals surface area contributed by atoms with Crippen LogP contribution in [0, 0.1) is 0 Å². The Morgan fingerprint density at radius 1 is 0.405 bits per heavy atom. The highest BCUT2D eigenvalue weighted by atomic mass is 16.5. The van der Waals surface area contributed by atoms with Crippen molar-refractivity contribution in [2.24, 2.45) is 0 Å². The molecule has 0 aromatic carbocycles. The zero-order chi connectivity index (χ0) is 32.5. The van der Waals surface area contributed by atoms with Gasteiger partial charge in [0.1, 0.15) is 0 Å². The van der Waals surface area contributed by atoms with Crippen molar-refractivity contribution in [3.8, 4) is 0 Å². The number of carboxylic acid groups (broad SMARTS) is 3. The maximum Gasteiger partial charge on any atom is 0.303 e. The highest BCUT2D eigenvalue weighted by molar-refractivity contribution is 5.67. The van der Waals surface area contributed by atoms with E-state index >= 15 is 0 Å². The summed E-state index contributed by atoms with van der Waals surface area (Å²) in [5, 5.41) is 41.4. The number of aliphatic carboxylic acids is 3. The molecule has 0 spiro atoms. The fraction of sp³-hybridized carbons (Fsp3) is 0.906. The van der Waals surface area contributed by atoms with E-state index in [9.17, 15) is 14.4 Å². The lowest BCUT2D eigenvalue weighted by atomic mass is 10.1. The number of unbranched alkanes of at least 4 members (excludes halogenated alkanes) is 14. The molecular weight excluding hydrogens is 544 g/mol. The molecule has 0 amide bonds. The molecule has 0 atom stereocenters. The molecule has 0 saturated carbocycles. The first kappa shape index (κ1) is 47.2. The maximum atomic E-state index is 10.1. The van der Waals surface area contributed by atoms with E-state index in [0.717, 1.165) is 38.5 Å². The minimum atomic E-state index is -0.670. The van der Waals surface area contributed by atoms with Crippen LogP contribution in [0.5, 0.6) is 0 Å². The minimum absolute atomic E-state index is 0.0417. The standard InChI is InChI=1S/C10H20O2.2C8H16O2.C6H14O4/c1-2-3-4-5-6-7-8-9-10(11)12;2*1-2-3-4-5-6-7-8(9)10;7-1-3-9-5-6-10-4-2-8/h2-9H2,1H3,(H,11,12);2*2-7H2,1H3,(H,9,10);7-8H,1-6H2. The van der Waals surface area contributed by atoms with Gasteiger partial charge in [-0.05, 0) is 19.3 Å². The SMILES string of the molecule is CCCCCCCC(=O)O.CCCCCCCC(=O)O.CCCCCCCCCC(=O)O.OCCOCCOCCO. The molecule has 0 saturated heterocycles. The van der Waals surface area contributed by atoms with Crippen molar-refractivity contribution >= 4 is 17.9 Å². The van der Waals surface area contributed by atoms with Crippen LogP contribution >= 0.6 is 0 Å².